The predicted octanol–water partition coefficient (Wildman–Crippen LogP) is 2.06. The van der Waals surface area contributed by atoms with Gasteiger partial charge in [0.15, 0.2) is 0 Å². The number of ether oxygens (including phenoxy) is 2. The molecule has 4 nitrogen and oxygen atoms in total. The molecule has 5 atom stereocenters. The van der Waals surface area contributed by atoms with E-state index < -0.39 is 5.60 Å². The Morgan fingerprint density at radius 1 is 1.00 bits per heavy atom. The van der Waals surface area contributed by atoms with Crippen LogP contribution in [-0.4, -0.2) is 23.6 Å². The summed E-state index contributed by atoms with van der Waals surface area (Å²) >= 11 is 0. The topological polar surface area (TPSA) is 52.6 Å². The van der Waals surface area contributed by atoms with E-state index >= 15 is 0 Å². The summed E-state index contributed by atoms with van der Waals surface area (Å²) in [6.45, 7) is 2.88. The number of carbonyl (C=O) groups is 2. The van der Waals surface area contributed by atoms with Crippen molar-refractivity contribution < 1.29 is 19.1 Å². The standard InChI is InChI=1S/C14H20O4/c1-8(15)17-13-12-4-10-3-11(5-12)7-14(13,6-10)18-9(2)16/h10-13H,3-7H2,1-2H3/t10-,11+,12?,13-,14?/m0/s1. The molecule has 0 aromatic carbocycles. The third-order valence-corrected chi connectivity index (χ3v) is 4.79. The second-order valence-electron chi connectivity index (χ2n) is 6.30. The first-order valence-corrected chi connectivity index (χ1v) is 6.85. The van der Waals surface area contributed by atoms with Gasteiger partial charge in [0.2, 0.25) is 0 Å². The molecule has 4 rings (SSSR count). The molecule has 0 saturated heterocycles. The Bertz CT molecular complexity index is 375. The molecule has 4 bridgehead atoms. The largest absolute Gasteiger partial charge is 0.458 e. The van der Waals surface area contributed by atoms with E-state index in [2.05, 4.69) is 0 Å². The highest BCUT2D eigenvalue weighted by Crippen LogP contribution is 2.58. The van der Waals surface area contributed by atoms with Crippen LogP contribution in [0.25, 0.3) is 0 Å². The quantitative estimate of drug-likeness (QED) is 0.706. The molecule has 0 radical (unpaired) electrons. The molecule has 0 aliphatic heterocycles. The Balaban J connectivity index is 1.90. The van der Waals surface area contributed by atoms with E-state index in [1.807, 2.05) is 0 Å². The van der Waals surface area contributed by atoms with Gasteiger partial charge in [-0.15, -0.1) is 0 Å². The van der Waals surface area contributed by atoms with E-state index in [1.54, 1.807) is 0 Å². The van der Waals surface area contributed by atoms with Crippen LogP contribution in [0, 0.1) is 17.8 Å². The molecule has 0 aromatic rings. The van der Waals surface area contributed by atoms with Crippen LogP contribution in [0.3, 0.4) is 0 Å². The molecule has 4 heteroatoms. The Morgan fingerprint density at radius 3 is 2.11 bits per heavy atom. The second kappa shape index (κ2) is 3.97. The highest BCUT2D eigenvalue weighted by molar-refractivity contribution is 5.68. The number of hydrogen-bond donors (Lipinski definition) is 0. The van der Waals surface area contributed by atoms with Crippen LogP contribution in [-0.2, 0) is 19.1 Å². The van der Waals surface area contributed by atoms with Gasteiger partial charge in [0, 0.05) is 19.8 Å². The summed E-state index contributed by atoms with van der Waals surface area (Å²) in [4.78, 5) is 22.7. The Kier molecular flexibility index (Phi) is 2.65. The summed E-state index contributed by atoms with van der Waals surface area (Å²) in [7, 11) is 0. The molecule has 2 unspecified atom stereocenters. The van der Waals surface area contributed by atoms with E-state index in [0.717, 1.165) is 25.7 Å². The van der Waals surface area contributed by atoms with Gasteiger partial charge in [0.25, 0.3) is 0 Å². The molecule has 0 amide bonds. The molecule has 4 fully saturated rings. The van der Waals surface area contributed by atoms with Gasteiger partial charge in [-0.2, -0.15) is 0 Å². The number of rotatable bonds is 2. The van der Waals surface area contributed by atoms with Gasteiger partial charge in [-0.3, -0.25) is 9.59 Å². The zero-order valence-corrected chi connectivity index (χ0v) is 11.0. The lowest BCUT2D eigenvalue weighted by atomic mass is 9.52. The highest BCUT2D eigenvalue weighted by Gasteiger charge is 2.60. The lowest BCUT2D eigenvalue weighted by molar-refractivity contribution is -0.236. The third kappa shape index (κ3) is 1.82. The summed E-state index contributed by atoms with van der Waals surface area (Å²) in [5.74, 6) is 1.16. The van der Waals surface area contributed by atoms with Gasteiger partial charge < -0.3 is 9.47 Å². The Morgan fingerprint density at radius 2 is 1.61 bits per heavy atom. The van der Waals surface area contributed by atoms with Crippen LogP contribution in [0.15, 0.2) is 0 Å². The fraction of sp³-hybridized carbons (Fsp3) is 0.857. The van der Waals surface area contributed by atoms with Crippen molar-refractivity contribution in [1.29, 1.82) is 0 Å². The fourth-order valence-corrected chi connectivity index (χ4v) is 4.73. The molecule has 0 aromatic heterocycles. The zero-order chi connectivity index (χ0) is 12.9. The molecule has 18 heavy (non-hydrogen) atoms. The maximum absolute atomic E-state index is 11.4. The van der Waals surface area contributed by atoms with Crippen molar-refractivity contribution in [2.75, 3.05) is 0 Å². The molecule has 100 valence electrons. The van der Waals surface area contributed by atoms with E-state index in [0.29, 0.717) is 17.8 Å². The van der Waals surface area contributed by atoms with Crippen molar-refractivity contribution in [1.82, 2.24) is 0 Å². The first-order chi connectivity index (χ1) is 8.48. The average Bonchev–Trinajstić information content (AvgIpc) is 2.20. The molecule has 4 aliphatic carbocycles. The van der Waals surface area contributed by atoms with Crippen molar-refractivity contribution in [2.45, 2.75) is 57.7 Å². The lowest BCUT2D eigenvalue weighted by Crippen LogP contribution is -2.63. The normalized spacial score (nSPS) is 44.8. The van der Waals surface area contributed by atoms with E-state index in [1.165, 1.54) is 20.3 Å². The highest BCUT2D eigenvalue weighted by atomic mass is 16.6. The Labute approximate surface area is 107 Å². The fourth-order valence-electron chi connectivity index (χ4n) is 4.73. The summed E-state index contributed by atoms with van der Waals surface area (Å²) in [6.07, 6.45) is 5.03. The van der Waals surface area contributed by atoms with Crippen LogP contribution in [0.5, 0.6) is 0 Å². The average molecular weight is 252 g/mol. The van der Waals surface area contributed by atoms with Gasteiger partial charge in [-0.25, -0.2) is 0 Å². The summed E-state index contributed by atoms with van der Waals surface area (Å²) < 4.78 is 11.2. The van der Waals surface area contributed by atoms with Crippen LogP contribution in [0.4, 0.5) is 0 Å². The van der Waals surface area contributed by atoms with Gasteiger partial charge in [-0.05, 0) is 43.9 Å². The molecular formula is C14H20O4. The predicted molar refractivity (Wildman–Crippen MR) is 63.6 cm³/mol. The minimum Gasteiger partial charge on any atom is -0.458 e. The van der Waals surface area contributed by atoms with Crippen molar-refractivity contribution in [3.63, 3.8) is 0 Å². The lowest BCUT2D eigenvalue weighted by Gasteiger charge is -2.58. The van der Waals surface area contributed by atoms with E-state index in [9.17, 15) is 9.59 Å². The maximum atomic E-state index is 11.4. The van der Waals surface area contributed by atoms with Gasteiger partial charge in [-0.1, -0.05) is 0 Å². The van der Waals surface area contributed by atoms with Crippen LogP contribution < -0.4 is 0 Å². The summed E-state index contributed by atoms with van der Waals surface area (Å²) in [5, 5.41) is 0. The van der Waals surface area contributed by atoms with Crippen molar-refractivity contribution >= 4 is 11.9 Å². The van der Waals surface area contributed by atoms with Crippen molar-refractivity contribution in [3.8, 4) is 0 Å². The number of esters is 2. The monoisotopic (exact) mass is 252 g/mol. The first kappa shape index (κ1) is 12.0. The van der Waals surface area contributed by atoms with Crippen LogP contribution in [0.2, 0.25) is 0 Å². The number of carbonyl (C=O) groups excluding carboxylic acids is 2. The van der Waals surface area contributed by atoms with E-state index in [-0.39, 0.29) is 18.0 Å². The molecule has 0 spiro atoms. The molecular weight excluding hydrogens is 232 g/mol. The zero-order valence-electron chi connectivity index (χ0n) is 11.0. The summed E-state index contributed by atoms with van der Waals surface area (Å²) in [5.41, 5.74) is -0.522. The van der Waals surface area contributed by atoms with Crippen LogP contribution >= 0.6 is 0 Å². The van der Waals surface area contributed by atoms with E-state index in [4.69, 9.17) is 9.47 Å². The molecule has 0 N–H and O–H groups in total. The van der Waals surface area contributed by atoms with Gasteiger partial charge in [0.1, 0.15) is 11.7 Å². The van der Waals surface area contributed by atoms with Crippen LogP contribution in [0.1, 0.15) is 46.0 Å². The maximum Gasteiger partial charge on any atom is 0.303 e. The van der Waals surface area contributed by atoms with Crippen molar-refractivity contribution in [2.24, 2.45) is 17.8 Å². The molecule has 0 heterocycles. The summed E-state index contributed by atoms with van der Waals surface area (Å²) in [6, 6.07) is 0. The Hall–Kier alpha value is -1.06. The molecule has 4 saturated carbocycles. The molecule has 4 aliphatic rings. The minimum atomic E-state index is -0.522. The van der Waals surface area contributed by atoms with Gasteiger partial charge in [0.05, 0.1) is 0 Å². The van der Waals surface area contributed by atoms with Gasteiger partial charge >= 0.3 is 11.9 Å². The minimum absolute atomic E-state index is 0.216. The SMILES string of the molecule is CC(=O)O[C@H]1C2C[C@@H]3C[C@H](C2)CC1(OC(C)=O)C3. The first-order valence-electron chi connectivity index (χ1n) is 6.85. The third-order valence-electron chi connectivity index (χ3n) is 4.79. The smallest absolute Gasteiger partial charge is 0.303 e. The second-order valence-corrected chi connectivity index (χ2v) is 6.30. The van der Waals surface area contributed by atoms with Crippen molar-refractivity contribution in [3.05, 3.63) is 0 Å². The number of hydrogen-bond acceptors (Lipinski definition) is 4.